The molecule has 3 rings (SSSR count). The van der Waals surface area contributed by atoms with Gasteiger partial charge < -0.3 is 10.2 Å². The number of alkyl halides is 3. The summed E-state index contributed by atoms with van der Waals surface area (Å²) >= 11 is 0. The molecule has 0 unspecified atom stereocenters. The summed E-state index contributed by atoms with van der Waals surface area (Å²) in [5.41, 5.74) is -0.568. The Morgan fingerprint density at radius 2 is 1.72 bits per heavy atom. The van der Waals surface area contributed by atoms with Gasteiger partial charge in [-0.25, -0.2) is 4.39 Å². The molecule has 0 spiro atoms. The SMILES string of the molecule is C=C(NC)c1ccc(N2C(=C)N(c3ccc(C#N)c(C(F)(F)F)c3)C(=C)C2(C)C)cc1F. The van der Waals surface area contributed by atoms with E-state index in [1.165, 1.54) is 17.0 Å². The van der Waals surface area contributed by atoms with E-state index in [-0.39, 0.29) is 5.69 Å². The summed E-state index contributed by atoms with van der Waals surface area (Å²) in [6, 6.07) is 9.57. The molecule has 2 aromatic carbocycles. The monoisotopic (exact) mass is 442 g/mol. The first-order valence-electron chi connectivity index (χ1n) is 9.61. The van der Waals surface area contributed by atoms with Crippen molar-refractivity contribution >= 4 is 17.1 Å². The molecule has 4 nitrogen and oxygen atoms in total. The summed E-state index contributed by atoms with van der Waals surface area (Å²) < 4.78 is 55.2. The van der Waals surface area contributed by atoms with Gasteiger partial charge in [-0.3, -0.25) is 4.90 Å². The molecule has 0 atom stereocenters. The minimum atomic E-state index is -4.70. The molecule has 1 fully saturated rings. The van der Waals surface area contributed by atoms with E-state index in [9.17, 15) is 17.6 Å². The highest BCUT2D eigenvalue weighted by Gasteiger charge is 2.45. The second-order valence-corrected chi connectivity index (χ2v) is 7.82. The molecular formula is C24H22F4N4. The molecule has 0 saturated carbocycles. The molecule has 0 aliphatic carbocycles. The van der Waals surface area contributed by atoms with Crippen LogP contribution >= 0.6 is 0 Å². The highest BCUT2D eigenvalue weighted by Crippen LogP contribution is 2.46. The minimum Gasteiger partial charge on any atom is -0.388 e. The van der Waals surface area contributed by atoms with Crippen molar-refractivity contribution in [2.24, 2.45) is 0 Å². The van der Waals surface area contributed by atoms with Gasteiger partial charge >= 0.3 is 6.18 Å². The van der Waals surface area contributed by atoms with Crippen LogP contribution < -0.4 is 15.1 Å². The maximum absolute atomic E-state index is 14.8. The molecule has 32 heavy (non-hydrogen) atoms. The van der Waals surface area contributed by atoms with E-state index < -0.39 is 28.7 Å². The highest BCUT2D eigenvalue weighted by atomic mass is 19.4. The highest BCUT2D eigenvalue weighted by molar-refractivity contribution is 5.75. The smallest absolute Gasteiger partial charge is 0.388 e. The van der Waals surface area contributed by atoms with Crippen molar-refractivity contribution in [2.45, 2.75) is 25.6 Å². The standard InChI is InChI=1S/C24H22F4N4/c1-14(30-6)20-10-9-19(12-22(20)25)32-16(3)31(15(2)23(32,4)5)18-8-7-17(13-29)21(11-18)24(26,27)28/h7-12,30H,1-3H2,4-6H3. The van der Waals surface area contributed by atoms with Gasteiger partial charge in [-0.15, -0.1) is 0 Å². The average molecular weight is 442 g/mol. The number of nitriles is 1. The van der Waals surface area contributed by atoms with Crippen LogP contribution in [0.2, 0.25) is 0 Å². The number of hydrogen-bond donors (Lipinski definition) is 1. The molecule has 0 aromatic heterocycles. The van der Waals surface area contributed by atoms with Crippen molar-refractivity contribution in [2.75, 3.05) is 16.8 Å². The van der Waals surface area contributed by atoms with Crippen LogP contribution in [0.5, 0.6) is 0 Å². The van der Waals surface area contributed by atoms with Crippen LogP contribution in [-0.4, -0.2) is 12.6 Å². The zero-order valence-corrected chi connectivity index (χ0v) is 17.9. The molecular weight excluding hydrogens is 420 g/mol. The summed E-state index contributed by atoms with van der Waals surface area (Å²) in [6.07, 6.45) is -4.70. The van der Waals surface area contributed by atoms with Gasteiger partial charge in [0.2, 0.25) is 0 Å². The third kappa shape index (κ3) is 3.60. The molecule has 0 bridgehead atoms. The fourth-order valence-corrected chi connectivity index (χ4v) is 3.78. The third-order valence-electron chi connectivity index (χ3n) is 5.58. The Bertz CT molecular complexity index is 1170. The van der Waals surface area contributed by atoms with Gasteiger partial charge in [0.15, 0.2) is 0 Å². The van der Waals surface area contributed by atoms with E-state index in [4.69, 9.17) is 5.26 Å². The zero-order valence-electron chi connectivity index (χ0n) is 17.9. The van der Waals surface area contributed by atoms with E-state index in [0.29, 0.717) is 28.5 Å². The Morgan fingerprint density at radius 3 is 2.25 bits per heavy atom. The van der Waals surface area contributed by atoms with Gasteiger partial charge in [-0.1, -0.05) is 19.7 Å². The number of halogens is 4. The van der Waals surface area contributed by atoms with Crippen LogP contribution in [0.3, 0.4) is 0 Å². The maximum Gasteiger partial charge on any atom is 0.417 e. The number of rotatable bonds is 4. The summed E-state index contributed by atoms with van der Waals surface area (Å²) in [4.78, 5) is 3.19. The second-order valence-electron chi connectivity index (χ2n) is 7.82. The molecule has 1 N–H and O–H groups in total. The van der Waals surface area contributed by atoms with Crippen molar-refractivity contribution in [1.29, 1.82) is 5.26 Å². The van der Waals surface area contributed by atoms with Crippen LogP contribution in [0.25, 0.3) is 5.70 Å². The van der Waals surface area contributed by atoms with Crippen molar-refractivity contribution in [3.63, 3.8) is 0 Å². The van der Waals surface area contributed by atoms with E-state index in [1.54, 1.807) is 30.1 Å². The lowest BCUT2D eigenvalue weighted by Crippen LogP contribution is -2.38. The van der Waals surface area contributed by atoms with E-state index >= 15 is 0 Å². The number of benzene rings is 2. The van der Waals surface area contributed by atoms with Crippen LogP contribution in [-0.2, 0) is 6.18 Å². The molecule has 1 heterocycles. The molecule has 1 aliphatic heterocycles. The second kappa shape index (κ2) is 7.75. The Balaban J connectivity index is 2.10. The van der Waals surface area contributed by atoms with Crippen molar-refractivity contribution < 1.29 is 17.6 Å². The van der Waals surface area contributed by atoms with Crippen molar-refractivity contribution in [1.82, 2.24) is 5.32 Å². The normalized spacial score (nSPS) is 15.7. The minimum absolute atomic E-state index is 0.155. The lowest BCUT2D eigenvalue weighted by molar-refractivity contribution is -0.137. The van der Waals surface area contributed by atoms with Gasteiger partial charge in [0, 0.05) is 35.4 Å². The molecule has 0 radical (unpaired) electrons. The van der Waals surface area contributed by atoms with E-state index in [1.807, 2.05) is 13.8 Å². The first kappa shape index (κ1) is 22.9. The topological polar surface area (TPSA) is 42.3 Å². The quantitative estimate of drug-likeness (QED) is 0.590. The Hall–Kier alpha value is -3.73. The first-order valence-corrected chi connectivity index (χ1v) is 9.61. The van der Waals surface area contributed by atoms with Crippen LogP contribution in [0, 0.1) is 17.1 Å². The summed E-state index contributed by atoms with van der Waals surface area (Å²) in [6.45, 7) is 15.5. The van der Waals surface area contributed by atoms with Gasteiger partial charge in [0.05, 0.1) is 22.7 Å². The zero-order chi connectivity index (χ0) is 24.0. The molecule has 0 amide bonds. The predicted octanol–water partition coefficient (Wildman–Crippen LogP) is 6.00. The maximum atomic E-state index is 14.8. The average Bonchev–Trinajstić information content (AvgIpc) is 2.90. The van der Waals surface area contributed by atoms with Crippen LogP contribution in [0.4, 0.5) is 28.9 Å². The molecule has 166 valence electrons. The number of nitrogens with zero attached hydrogens (tertiary/aromatic N) is 3. The predicted molar refractivity (Wildman–Crippen MR) is 118 cm³/mol. The van der Waals surface area contributed by atoms with Crippen LogP contribution in [0.15, 0.2) is 67.7 Å². The van der Waals surface area contributed by atoms with Crippen molar-refractivity contribution in [3.05, 3.63) is 90.2 Å². The molecule has 1 saturated heterocycles. The Morgan fingerprint density at radius 1 is 1.09 bits per heavy atom. The van der Waals surface area contributed by atoms with E-state index in [2.05, 4.69) is 25.1 Å². The Labute approximate surface area is 184 Å². The summed E-state index contributed by atoms with van der Waals surface area (Å²) in [5.74, 6) is -0.204. The van der Waals surface area contributed by atoms with Gasteiger partial charge in [0.25, 0.3) is 0 Å². The molecule has 2 aromatic rings. The fourth-order valence-electron chi connectivity index (χ4n) is 3.78. The van der Waals surface area contributed by atoms with Crippen molar-refractivity contribution in [3.8, 4) is 6.07 Å². The number of nitrogens with one attached hydrogen (secondary N) is 1. The van der Waals surface area contributed by atoms with Crippen LogP contribution in [0.1, 0.15) is 30.5 Å². The lowest BCUT2D eigenvalue weighted by Gasteiger charge is -2.32. The fraction of sp³-hybridized carbons (Fsp3) is 0.208. The Kier molecular flexibility index (Phi) is 5.56. The summed E-state index contributed by atoms with van der Waals surface area (Å²) in [5, 5.41) is 11.9. The first-order chi connectivity index (χ1) is 14.8. The van der Waals surface area contributed by atoms with E-state index in [0.717, 1.165) is 12.1 Å². The molecule has 1 aliphatic rings. The number of anilines is 2. The largest absolute Gasteiger partial charge is 0.417 e. The van der Waals surface area contributed by atoms with Gasteiger partial charge in [0.1, 0.15) is 11.6 Å². The summed E-state index contributed by atoms with van der Waals surface area (Å²) in [7, 11) is 1.63. The number of hydrogen-bond acceptors (Lipinski definition) is 4. The third-order valence-corrected chi connectivity index (χ3v) is 5.58. The van der Waals surface area contributed by atoms with Gasteiger partial charge in [-0.05, 0) is 50.2 Å². The van der Waals surface area contributed by atoms with Gasteiger partial charge in [-0.2, -0.15) is 18.4 Å². The molecule has 8 heteroatoms. The lowest BCUT2D eigenvalue weighted by atomic mass is 9.99.